The number of ether oxygens (including phenoxy) is 1. The van der Waals surface area contributed by atoms with Crippen LogP contribution in [0.25, 0.3) is 0 Å². The summed E-state index contributed by atoms with van der Waals surface area (Å²) in [6.07, 6.45) is 4.81. The number of anilines is 1. The van der Waals surface area contributed by atoms with E-state index in [1.54, 1.807) is 11.3 Å². The van der Waals surface area contributed by atoms with Crippen molar-refractivity contribution in [3.8, 4) is 5.75 Å². The molecule has 0 saturated heterocycles. The van der Waals surface area contributed by atoms with Crippen LogP contribution in [-0.2, 0) is 19.4 Å². The van der Waals surface area contributed by atoms with Crippen molar-refractivity contribution in [1.29, 1.82) is 0 Å². The summed E-state index contributed by atoms with van der Waals surface area (Å²) in [7, 11) is 0. The van der Waals surface area contributed by atoms with Gasteiger partial charge in [0, 0.05) is 16.8 Å². The molecule has 39 heavy (non-hydrogen) atoms. The number of thiophene rings is 1. The van der Waals surface area contributed by atoms with E-state index in [0.717, 1.165) is 56.9 Å². The summed E-state index contributed by atoms with van der Waals surface area (Å²) in [5.74, 6) is 1.27. The van der Waals surface area contributed by atoms with Crippen LogP contribution in [0.15, 0.2) is 88.3 Å². The molecule has 1 amide bonds. The molecule has 1 aromatic heterocycles. The highest BCUT2D eigenvalue weighted by molar-refractivity contribution is 9.10. The zero-order valence-corrected chi connectivity index (χ0v) is 24.9. The molecular formula is C33H33BrN2O2S. The van der Waals surface area contributed by atoms with Crippen LogP contribution in [0.1, 0.15) is 59.1 Å². The van der Waals surface area contributed by atoms with Crippen LogP contribution in [-0.4, -0.2) is 12.1 Å². The van der Waals surface area contributed by atoms with Crippen LogP contribution >= 0.6 is 27.3 Å². The molecule has 4 aromatic rings. The molecule has 1 heterocycles. The Balaban J connectivity index is 1.40. The van der Waals surface area contributed by atoms with E-state index in [0.29, 0.717) is 18.1 Å². The lowest BCUT2D eigenvalue weighted by Gasteiger charge is -2.33. The van der Waals surface area contributed by atoms with Gasteiger partial charge in [0.2, 0.25) is 0 Å². The van der Waals surface area contributed by atoms with Crippen molar-refractivity contribution in [1.82, 2.24) is 0 Å². The van der Waals surface area contributed by atoms with Gasteiger partial charge in [-0.25, -0.2) is 4.99 Å². The summed E-state index contributed by atoms with van der Waals surface area (Å²) < 4.78 is 6.86. The van der Waals surface area contributed by atoms with Gasteiger partial charge < -0.3 is 10.1 Å². The number of hydrogen-bond donors (Lipinski definition) is 1. The monoisotopic (exact) mass is 600 g/mol. The molecule has 0 unspecified atom stereocenters. The van der Waals surface area contributed by atoms with Crippen molar-refractivity contribution < 1.29 is 9.53 Å². The van der Waals surface area contributed by atoms with Crippen LogP contribution in [0, 0.1) is 11.3 Å². The highest BCUT2D eigenvalue weighted by Gasteiger charge is 2.33. The Bertz CT molecular complexity index is 1470. The zero-order chi connectivity index (χ0) is 27.4. The maximum atomic E-state index is 13.5. The molecule has 0 fully saturated rings. The van der Waals surface area contributed by atoms with Crippen LogP contribution in [0.5, 0.6) is 5.75 Å². The molecule has 0 saturated carbocycles. The van der Waals surface area contributed by atoms with E-state index in [1.807, 2.05) is 85.1 Å². The van der Waals surface area contributed by atoms with Gasteiger partial charge in [0.05, 0.1) is 10.0 Å². The van der Waals surface area contributed by atoms with Gasteiger partial charge in [0.15, 0.2) is 0 Å². The Labute approximate surface area is 243 Å². The lowest BCUT2D eigenvalue weighted by Crippen LogP contribution is -2.27. The number of carbonyl (C=O) groups excluding carboxylic acids is 1. The molecule has 1 aliphatic carbocycles. The standard InChI is InChI=1S/C33H33BrN2O2S/c1-33(2,3)24-15-16-26-29(19-24)39-32(30(26)31(37)36-25-12-8-5-9-13-25)35-20-23-14-17-28(27(34)18-23)38-21-22-10-6-4-7-11-22/h4-14,17-18,20,24H,15-16,19,21H2,1-3H3,(H,36,37)/t24-/m0/s1. The number of amides is 1. The number of rotatable bonds is 7. The Morgan fingerprint density at radius 2 is 1.79 bits per heavy atom. The first kappa shape index (κ1) is 27.4. The van der Waals surface area contributed by atoms with Gasteiger partial charge in [-0.2, -0.15) is 0 Å². The number of halogens is 1. The van der Waals surface area contributed by atoms with Crippen LogP contribution < -0.4 is 10.1 Å². The summed E-state index contributed by atoms with van der Waals surface area (Å²) in [5.41, 5.74) is 4.94. The van der Waals surface area contributed by atoms with Crippen molar-refractivity contribution in [2.45, 2.75) is 46.6 Å². The molecule has 5 rings (SSSR count). The van der Waals surface area contributed by atoms with Gasteiger partial charge in [-0.15, -0.1) is 11.3 Å². The summed E-state index contributed by atoms with van der Waals surface area (Å²) >= 11 is 5.30. The molecule has 6 heteroatoms. The lowest BCUT2D eigenvalue weighted by atomic mass is 9.72. The Morgan fingerprint density at radius 1 is 1.08 bits per heavy atom. The minimum Gasteiger partial charge on any atom is -0.488 e. The average Bonchev–Trinajstić information content (AvgIpc) is 3.30. The molecule has 3 aromatic carbocycles. The number of carbonyl (C=O) groups is 1. The minimum absolute atomic E-state index is 0.0918. The van der Waals surface area contributed by atoms with E-state index < -0.39 is 0 Å². The molecule has 0 spiro atoms. The molecule has 0 radical (unpaired) electrons. The molecule has 1 aliphatic rings. The normalized spacial score (nSPS) is 15.2. The summed E-state index contributed by atoms with van der Waals surface area (Å²) in [5, 5.41) is 3.86. The number of fused-ring (bicyclic) bond motifs is 1. The van der Waals surface area contributed by atoms with E-state index in [2.05, 4.69) is 42.0 Å². The first-order chi connectivity index (χ1) is 18.8. The van der Waals surface area contributed by atoms with E-state index >= 15 is 0 Å². The van der Waals surface area contributed by atoms with Gasteiger partial charge in [-0.3, -0.25) is 4.79 Å². The van der Waals surface area contributed by atoms with Crippen molar-refractivity contribution in [3.05, 3.63) is 110 Å². The molecule has 200 valence electrons. The highest BCUT2D eigenvalue weighted by Crippen LogP contribution is 2.45. The van der Waals surface area contributed by atoms with E-state index in [9.17, 15) is 4.79 Å². The Morgan fingerprint density at radius 3 is 2.49 bits per heavy atom. The number of nitrogens with zero attached hydrogens (tertiary/aromatic N) is 1. The average molecular weight is 602 g/mol. The molecule has 1 N–H and O–H groups in total. The fraction of sp³-hybridized carbons (Fsp3) is 0.273. The second-order valence-corrected chi connectivity index (χ2v) is 13.0. The number of aliphatic imine (C=N–C) groups is 1. The third kappa shape index (κ3) is 6.68. The van der Waals surface area contributed by atoms with Crippen molar-refractivity contribution in [2.75, 3.05) is 5.32 Å². The van der Waals surface area contributed by atoms with Gasteiger partial charge in [0.25, 0.3) is 5.91 Å². The third-order valence-corrected chi connectivity index (χ3v) is 9.04. The molecule has 0 aliphatic heterocycles. The maximum absolute atomic E-state index is 13.5. The quantitative estimate of drug-likeness (QED) is 0.215. The summed E-state index contributed by atoms with van der Waals surface area (Å²) in [6, 6.07) is 25.7. The van der Waals surface area contributed by atoms with E-state index in [4.69, 9.17) is 9.73 Å². The van der Waals surface area contributed by atoms with E-state index in [1.165, 1.54) is 4.88 Å². The number of benzene rings is 3. The minimum atomic E-state index is -0.0918. The Hall–Kier alpha value is -3.22. The van der Waals surface area contributed by atoms with Crippen molar-refractivity contribution in [2.24, 2.45) is 16.3 Å². The van der Waals surface area contributed by atoms with Gasteiger partial charge >= 0.3 is 0 Å². The third-order valence-electron chi connectivity index (χ3n) is 7.25. The zero-order valence-electron chi connectivity index (χ0n) is 22.5. The fourth-order valence-electron chi connectivity index (χ4n) is 4.93. The fourth-order valence-corrected chi connectivity index (χ4v) is 6.71. The van der Waals surface area contributed by atoms with Crippen LogP contribution in [0.4, 0.5) is 10.7 Å². The largest absolute Gasteiger partial charge is 0.488 e. The highest BCUT2D eigenvalue weighted by atomic mass is 79.9. The SMILES string of the molecule is CC(C)(C)[C@H]1CCc2c(sc(N=Cc3ccc(OCc4ccccc4)c(Br)c3)c2C(=O)Nc2ccccc2)C1. The number of nitrogens with one attached hydrogen (secondary N) is 1. The van der Waals surface area contributed by atoms with Gasteiger partial charge in [-0.05, 0) is 93.5 Å². The van der Waals surface area contributed by atoms with Crippen molar-refractivity contribution in [3.63, 3.8) is 0 Å². The van der Waals surface area contributed by atoms with Gasteiger partial charge in [-0.1, -0.05) is 69.3 Å². The second kappa shape index (κ2) is 11.9. The summed E-state index contributed by atoms with van der Waals surface area (Å²) in [4.78, 5) is 19.7. The molecular weight excluding hydrogens is 568 g/mol. The van der Waals surface area contributed by atoms with E-state index in [-0.39, 0.29) is 11.3 Å². The molecule has 0 bridgehead atoms. The van der Waals surface area contributed by atoms with Crippen molar-refractivity contribution >= 4 is 50.1 Å². The molecule has 4 nitrogen and oxygen atoms in total. The predicted molar refractivity (Wildman–Crippen MR) is 166 cm³/mol. The second-order valence-electron chi connectivity index (χ2n) is 11.0. The van der Waals surface area contributed by atoms with Gasteiger partial charge in [0.1, 0.15) is 17.4 Å². The summed E-state index contributed by atoms with van der Waals surface area (Å²) in [6.45, 7) is 7.43. The first-order valence-corrected chi connectivity index (χ1v) is 14.9. The van der Waals surface area contributed by atoms with Crippen LogP contribution in [0.3, 0.4) is 0 Å². The molecule has 1 atom stereocenters. The topological polar surface area (TPSA) is 50.7 Å². The first-order valence-electron chi connectivity index (χ1n) is 13.3. The number of hydrogen-bond acceptors (Lipinski definition) is 4. The Kier molecular flexibility index (Phi) is 8.34. The lowest BCUT2D eigenvalue weighted by molar-refractivity contribution is 0.102. The smallest absolute Gasteiger partial charge is 0.259 e. The maximum Gasteiger partial charge on any atom is 0.259 e. The predicted octanol–water partition coefficient (Wildman–Crippen LogP) is 9.24. The van der Waals surface area contributed by atoms with Crippen LogP contribution in [0.2, 0.25) is 0 Å². The number of para-hydroxylation sites is 1.